The molecular weight excluding hydrogens is 344 g/mol. The van der Waals surface area contributed by atoms with Crippen molar-refractivity contribution in [1.29, 1.82) is 0 Å². The molecule has 1 aliphatic rings. The van der Waals surface area contributed by atoms with Crippen LogP contribution in [0, 0.1) is 5.92 Å². The molecule has 1 aromatic carbocycles. The van der Waals surface area contributed by atoms with Crippen LogP contribution in [0.2, 0.25) is 0 Å². The maximum atomic E-state index is 12.6. The van der Waals surface area contributed by atoms with Gasteiger partial charge >= 0.3 is 0 Å². The molecule has 0 bridgehead atoms. The zero-order valence-electron chi connectivity index (χ0n) is 16.0. The molecule has 0 unspecified atom stereocenters. The van der Waals surface area contributed by atoms with Gasteiger partial charge in [0.15, 0.2) is 0 Å². The highest BCUT2D eigenvalue weighted by molar-refractivity contribution is 5.94. The van der Waals surface area contributed by atoms with Crippen LogP contribution in [0.5, 0.6) is 5.75 Å². The normalized spacial score (nSPS) is 16.0. The van der Waals surface area contributed by atoms with Gasteiger partial charge in [0, 0.05) is 43.4 Å². The van der Waals surface area contributed by atoms with E-state index in [4.69, 9.17) is 4.74 Å². The predicted molar refractivity (Wildman–Crippen MR) is 101 cm³/mol. The maximum Gasteiger partial charge on any atom is 0.253 e. The third-order valence-electron chi connectivity index (χ3n) is 5.07. The lowest BCUT2D eigenvalue weighted by Crippen LogP contribution is -2.43. The quantitative estimate of drug-likeness (QED) is 0.875. The number of hydrogen-bond donors (Lipinski definition) is 1. The van der Waals surface area contributed by atoms with Crippen molar-refractivity contribution in [2.75, 3.05) is 20.2 Å². The molecule has 1 N–H and O–H groups in total. The standard InChI is InChI=1S/C20H26N4O3/c1-14(17-12-21-23(2)13-17)22-19(25)15-8-10-24(11-9-15)20(26)16-4-6-18(27-3)7-5-16/h4-7,12-15H,8-11H2,1-3H3,(H,22,25)/t14-/m0/s1. The summed E-state index contributed by atoms with van der Waals surface area (Å²) >= 11 is 0. The Kier molecular flexibility index (Phi) is 5.78. The van der Waals surface area contributed by atoms with E-state index in [2.05, 4.69) is 10.4 Å². The van der Waals surface area contributed by atoms with Crippen molar-refractivity contribution in [3.05, 3.63) is 47.8 Å². The highest BCUT2D eigenvalue weighted by Crippen LogP contribution is 2.22. The summed E-state index contributed by atoms with van der Waals surface area (Å²) < 4.78 is 6.85. The highest BCUT2D eigenvalue weighted by atomic mass is 16.5. The molecule has 144 valence electrons. The summed E-state index contributed by atoms with van der Waals surface area (Å²) in [6.07, 6.45) is 5.02. The Hall–Kier alpha value is -2.83. The van der Waals surface area contributed by atoms with Crippen molar-refractivity contribution in [3.63, 3.8) is 0 Å². The molecule has 7 heteroatoms. The van der Waals surface area contributed by atoms with E-state index in [1.165, 1.54) is 0 Å². The first-order chi connectivity index (χ1) is 13.0. The lowest BCUT2D eigenvalue weighted by Gasteiger charge is -2.32. The van der Waals surface area contributed by atoms with Crippen molar-refractivity contribution in [1.82, 2.24) is 20.0 Å². The first-order valence-corrected chi connectivity index (χ1v) is 9.20. The average molecular weight is 370 g/mol. The van der Waals surface area contributed by atoms with Crippen molar-refractivity contribution in [2.24, 2.45) is 13.0 Å². The van der Waals surface area contributed by atoms with Crippen LogP contribution < -0.4 is 10.1 Å². The van der Waals surface area contributed by atoms with E-state index in [0.29, 0.717) is 31.5 Å². The number of rotatable bonds is 5. The third-order valence-corrected chi connectivity index (χ3v) is 5.07. The van der Waals surface area contributed by atoms with E-state index in [9.17, 15) is 9.59 Å². The van der Waals surface area contributed by atoms with Crippen molar-refractivity contribution in [3.8, 4) is 5.75 Å². The molecular formula is C20H26N4O3. The van der Waals surface area contributed by atoms with Gasteiger partial charge in [-0.15, -0.1) is 0 Å². The molecule has 7 nitrogen and oxygen atoms in total. The molecule has 27 heavy (non-hydrogen) atoms. The van der Waals surface area contributed by atoms with Gasteiger partial charge < -0.3 is 15.0 Å². The molecule has 2 aromatic rings. The molecule has 1 aromatic heterocycles. The first-order valence-electron chi connectivity index (χ1n) is 9.20. The van der Waals surface area contributed by atoms with Crippen LogP contribution in [0.4, 0.5) is 0 Å². The van der Waals surface area contributed by atoms with Gasteiger partial charge in [-0.2, -0.15) is 5.10 Å². The Labute approximate surface area is 159 Å². The van der Waals surface area contributed by atoms with Gasteiger partial charge in [-0.1, -0.05) is 0 Å². The summed E-state index contributed by atoms with van der Waals surface area (Å²) in [6, 6.07) is 7.04. The Morgan fingerprint density at radius 1 is 1.22 bits per heavy atom. The fraction of sp³-hybridized carbons (Fsp3) is 0.450. The van der Waals surface area contributed by atoms with Gasteiger partial charge in [-0.25, -0.2) is 0 Å². The molecule has 2 amide bonds. The monoisotopic (exact) mass is 370 g/mol. The molecule has 1 saturated heterocycles. The molecule has 0 radical (unpaired) electrons. The number of hydrogen-bond acceptors (Lipinski definition) is 4. The average Bonchev–Trinajstić information content (AvgIpc) is 3.14. The minimum absolute atomic E-state index is 0.000221. The summed E-state index contributed by atoms with van der Waals surface area (Å²) in [5, 5.41) is 7.20. The zero-order chi connectivity index (χ0) is 19.4. The minimum atomic E-state index is -0.0786. The van der Waals surface area contributed by atoms with Gasteiger partial charge in [0.2, 0.25) is 5.91 Å². The Bertz CT molecular complexity index is 792. The number of amides is 2. The number of carbonyl (C=O) groups is 2. The lowest BCUT2D eigenvalue weighted by atomic mass is 9.95. The topological polar surface area (TPSA) is 76.5 Å². The Morgan fingerprint density at radius 2 is 1.89 bits per heavy atom. The summed E-state index contributed by atoms with van der Waals surface area (Å²) in [6.45, 7) is 3.13. The van der Waals surface area contributed by atoms with Crippen molar-refractivity contribution >= 4 is 11.8 Å². The third kappa shape index (κ3) is 4.48. The number of aryl methyl sites for hydroxylation is 1. The fourth-order valence-electron chi connectivity index (χ4n) is 3.34. The van der Waals surface area contributed by atoms with Crippen LogP contribution >= 0.6 is 0 Å². The molecule has 3 rings (SSSR count). The molecule has 0 saturated carbocycles. The second-order valence-corrected chi connectivity index (χ2v) is 6.97. The molecule has 0 aliphatic carbocycles. The first kappa shape index (κ1) is 18.9. The number of carbonyl (C=O) groups excluding carboxylic acids is 2. The highest BCUT2D eigenvalue weighted by Gasteiger charge is 2.28. The number of methoxy groups -OCH3 is 1. The molecule has 1 aliphatic heterocycles. The fourth-order valence-corrected chi connectivity index (χ4v) is 3.34. The summed E-state index contributed by atoms with van der Waals surface area (Å²) in [5.41, 5.74) is 1.63. The minimum Gasteiger partial charge on any atom is -0.497 e. The number of aromatic nitrogens is 2. The van der Waals surface area contributed by atoms with Gasteiger partial charge in [-0.3, -0.25) is 14.3 Å². The second kappa shape index (κ2) is 8.24. The molecule has 0 spiro atoms. The van der Waals surface area contributed by atoms with Crippen LogP contribution in [-0.4, -0.2) is 46.7 Å². The van der Waals surface area contributed by atoms with Gasteiger partial charge in [0.05, 0.1) is 19.3 Å². The molecule has 1 fully saturated rings. The number of piperidine rings is 1. The Morgan fingerprint density at radius 3 is 2.44 bits per heavy atom. The van der Waals surface area contributed by atoms with Crippen LogP contribution in [-0.2, 0) is 11.8 Å². The van der Waals surface area contributed by atoms with E-state index < -0.39 is 0 Å². The van der Waals surface area contributed by atoms with E-state index in [0.717, 1.165) is 11.3 Å². The van der Waals surface area contributed by atoms with Crippen LogP contribution in [0.3, 0.4) is 0 Å². The number of ether oxygens (including phenoxy) is 1. The summed E-state index contributed by atoms with van der Waals surface area (Å²) in [4.78, 5) is 27.0. The molecule has 2 heterocycles. The smallest absolute Gasteiger partial charge is 0.253 e. The largest absolute Gasteiger partial charge is 0.497 e. The lowest BCUT2D eigenvalue weighted by molar-refractivity contribution is -0.126. The van der Waals surface area contributed by atoms with Crippen LogP contribution in [0.15, 0.2) is 36.7 Å². The summed E-state index contributed by atoms with van der Waals surface area (Å²) in [7, 11) is 3.45. The van der Waals surface area contributed by atoms with E-state index in [-0.39, 0.29) is 23.8 Å². The van der Waals surface area contributed by atoms with Gasteiger partial charge in [0.1, 0.15) is 5.75 Å². The zero-order valence-corrected chi connectivity index (χ0v) is 16.0. The second-order valence-electron chi connectivity index (χ2n) is 6.97. The predicted octanol–water partition coefficient (Wildman–Crippen LogP) is 2.16. The van der Waals surface area contributed by atoms with Crippen molar-refractivity contribution < 1.29 is 14.3 Å². The number of nitrogens with one attached hydrogen (secondary N) is 1. The summed E-state index contributed by atoms with van der Waals surface area (Å²) in [5.74, 6) is 0.705. The van der Waals surface area contributed by atoms with Gasteiger partial charge in [0.25, 0.3) is 5.91 Å². The maximum absolute atomic E-state index is 12.6. The number of likely N-dealkylation sites (tertiary alicyclic amines) is 1. The SMILES string of the molecule is COc1ccc(C(=O)N2CCC(C(=O)N[C@@H](C)c3cnn(C)c3)CC2)cc1. The molecule has 1 atom stereocenters. The van der Waals surface area contributed by atoms with Crippen molar-refractivity contribution in [2.45, 2.75) is 25.8 Å². The number of nitrogens with zero attached hydrogens (tertiary/aromatic N) is 3. The van der Waals surface area contributed by atoms with Crippen LogP contribution in [0.1, 0.15) is 41.7 Å². The van der Waals surface area contributed by atoms with Gasteiger partial charge in [-0.05, 0) is 44.0 Å². The Balaban J connectivity index is 1.51. The van der Waals surface area contributed by atoms with E-state index in [1.54, 1.807) is 42.3 Å². The number of benzene rings is 1. The van der Waals surface area contributed by atoms with Crippen LogP contribution in [0.25, 0.3) is 0 Å². The van der Waals surface area contributed by atoms with E-state index in [1.807, 2.05) is 25.1 Å². The van der Waals surface area contributed by atoms with E-state index >= 15 is 0 Å².